The first-order chi connectivity index (χ1) is 4.61. The first-order valence-corrected chi connectivity index (χ1v) is 13.7. The van der Waals surface area contributed by atoms with Crippen molar-refractivity contribution in [3.63, 3.8) is 0 Å². The van der Waals surface area contributed by atoms with Crippen LogP contribution in [-0.4, -0.2) is 18.8 Å². The third kappa shape index (κ3) is 2.02. The molecule has 1 aromatic carbocycles. The molecule has 0 aliphatic heterocycles. The van der Waals surface area contributed by atoms with E-state index in [0.29, 0.717) is 0 Å². The van der Waals surface area contributed by atoms with Crippen LogP contribution in [-0.2, 0) is 0 Å². The second-order valence-electron chi connectivity index (χ2n) is 3.62. The van der Waals surface area contributed by atoms with E-state index in [1.807, 2.05) is 0 Å². The summed E-state index contributed by atoms with van der Waals surface area (Å²) in [5.74, 6) is 0. The summed E-state index contributed by atoms with van der Waals surface area (Å²) >= 11 is -1.71. The molecule has 0 unspecified atom stereocenters. The average Bonchev–Trinajstić information content (AvgIpc) is 1.88. The summed E-state index contributed by atoms with van der Waals surface area (Å²) in [4.78, 5) is 7.30. The van der Waals surface area contributed by atoms with Gasteiger partial charge in [0.15, 0.2) is 0 Å². The van der Waals surface area contributed by atoms with Gasteiger partial charge in [-0.25, -0.2) is 0 Å². The van der Waals surface area contributed by atoms with Crippen LogP contribution in [0.4, 0.5) is 0 Å². The van der Waals surface area contributed by atoms with E-state index in [9.17, 15) is 0 Å². The monoisotopic (exact) mass is 244 g/mol. The van der Waals surface area contributed by atoms with Gasteiger partial charge in [-0.05, 0) is 0 Å². The molecule has 0 radical (unpaired) electrons. The molecule has 0 aliphatic carbocycles. The van der Waals surface area contributed by atoms with Crippen molar-refractivity contribution in [2.24, 2.45) is 0 Å². The van der Waals surface area contributed by atoms with Crippen molar-refractivity contribution in [2.75, 3.05) is 0 Å². The van der Waals surface area contributed by atoms with Crippen molar-refractivity contribution >= 4 is 22.3 Å². The molecule has 1 heteroatoms. The first-order valence-electron chi connectivity index (χ1n) is 3.66. The summed E-state index contributed by atoms with van der Waals surface area (Å²) in [7, 11) is 0. The minimum absolute atomic E-state index is 1.61. The molecule has 0 heterocycles. The van der Waals surface area contributed by atoms with Gasteiger partial charge in [-0.15, -0.1) is 0 Å². The summed E-state index contributed by atoms with van der Waals surface area (Å²) in [6, 6.07) is 10.9. The Morgan fingerprint density at radius 1 is 0.900 bits per heavy atom. The Balaban J connectivity index is 2.97. The molecule has 0 aromatic heterocycles. The fourth-order valence-corrected chi connectivity index (χ4v) is 4.34. The van der Waals surface area contributed by atoms with Crippen molar-refractivity contribution in [3.05, 3.63) is 30.3 Å². The summed E-state index contributed by atoms with van der Waals surface area (Å²) in [5.41, 5.74) is 0. The zero-order valence-corrected chi connectivity index (χ0v) is 9.74. The van der Waals surface area contributed by atoms with Crippen molar-refractivity contribution in [1.29, 1.82) is 0 Å². The van der Waals surface area contributed by atoms with Crippen LogP contribution in [0.1, 0.15) is 0 Å². The Kier molecular flexibility index (Phi) is 2.41. The molecule has 1 aromatic rings. The van der Waals surface area contributed by atoms with Gasteiger partial charge in [0.25, 0.3) is 0 Å². The van der Waals surface area contributed by atoms with Gasteiger partial charge in [0.05, 0.1) is 0 Å². The molecule has 0 spiro atoms. The molecule has 0 aliphatic rings. The second-order valence-corrected chi connectivity index (χ2v) is 18.1. The Hall–Kier alpha value is 0.0382. The molecule has 0 nitrogen and oxygen atoms in total. The van der Waals surface area contributed by atoms with Gasteiger partial charge in [0.1, 0.15) is 0 Å². The van der Waals surface area contributed by atoms with Crippen LogP contribution >= 0.6 is 0 Å². The van der Waals surface area contributed by atoms with Crippen LogP contribution in [0.15, 0.2) is 30.3 Å². The van der Waals surface area contributed by atoms with Crippen molar-refractivity contribution in [2.45, 2.75) is 14.6 Å². The van der Waals surface area contributed by atoms with Crippen LogP contribution in [0.5, 0.6) is 0 Å². The normalized spacial score (nSPS) is 13.1. The molecule has 0 N–H and O–H groups in total. The third-order valence-electron chi connectivity index (χ3n) is 1.64. The topological polar surface area (TPSA) is 0 Å². The minimum atomic E-state index is -1.71. The average molecular weight is 245 g/mol. The van der Waals surface area contributed by atoms with Crippen LogP contribution in [0, 0.1) is 0 Å². The molecule has 0 saturated carbocycles. The molecule has 0 amide bonds. The predicted octanol–water partition coefficient (Wildman–Crippen LogP) is 1.96. The molecule has 56 valence electrons. The van der Waals surface area contributed by atoms with E-state index >= 15 is 0 Å². The Morgan fingerprint density at radius 3 is 1.70 bits per heavy atom. The van der Waals surface area contributed by atoms with E-state index in [4.69, 9.17) is 0 Å². The molecule has 0 fully saturated rings. The van der Waals surface area contributed by atoms with Crippen LogP contribution in [0.2, 0.25) is 14.6 Å². The summed E-state index contributed by atoms with van der Waals surface area (Å²) < 4.78 is 1.61. The van der Waals surface area contributed by atoms with Crippen molar-refractivity contribution in [3.8, 4) is 0 Å². The van der Waals surface area contributed by atoms with E-state index in [0.717, 1.165) is 0 Å². The van der Waals surface area contributed by atoms with Gasteiger partial charge in [-0.1, -0.05) is 0 Å². The van der Waals surface area contributed by atoms with Crippen LogP contribution < -0.4 is 3.51 Å². The zero-order chi connectivity index (χ0) is 7.61. The van der Waals surface area contributed by atoms with E-state index in [1.165, 1.54) is 0 Å². The molecule has 0 bridgehead atoms. The standard InChI is InChI=1S/C6H5.3CH3.Sb.H/c1-2-4-6-5-3-1;;;;;/h1-5H;3*1H3;;. The zero-order valence-electron chi connectivity index (χ0n) is 6.89. The Bertz CT molecular complexity index is 196. The Morgan fingerprint density at radius 2 is 1.40 bits per heavy atom. The van der Waals surface area contributed by atoms with E-state index in [-0.39, 0.29) is 0 Å². The van der Waals surface area contributed by atoms with Gasteiger partial charge in [-0.3, -0.25) is 0 Å². The fourth-order valence-electron chi connectivity index (χ4n) is 0.938. The SMILES string of the molecule is [CH3][SbH]([CH3])([CH3])[c]1ccccc1. The number of benzene rings is 1. The number of hydrogen-bond donors (Lipinski definition) is 0. The molecule has 1 rings (SSSR count). The maximum atomic E-state index is 2.43. The molecule has 0 atom stereocenters. The number of rotatable bonds is 1. The first kappa shape index (κ1) is 8.14. The predicted molar refractivity (Wildman–Crippen MR) is 50.8 cm³/mol. The van der Waals surface area contributed by atoms with E-state index < -0.39 is 18.8 Å². The van der Waals surface area contributed by atoms with E-state index in [1.54, 1.807) is 3.51 Å². The van der Waals surface area contributed by atoms with Gasteiger partial charge in [0, 0.05) is 0 Å². The van der Waals surface area contributed by atoms with Crippen molar-refractivity contribution in [1.82, 2.24) is 0 Å². The van der Waals surface area contributed by atoms with Crippen molar-refractivity contribution < 1.29 is 0 Å². The van der Waals surface area contributed by atoms with Gasteiger partial charge in [0.2, 0.25) is 0 Å². The summed E-state index contributed by atoms with van der Waals surface area (Å²) in [6.45, 7) is 0. The molecular formula is C9H15Sb. The van der Waals surface area contributed by atoms with Crippen LogP contribution in [0.3, 0.4) is 0 Å². The van der Waals surface area contributed by atoms with Gasteiger partial charge < -0.3 is 0 Å². The summed E-state index contributed by atoms with van der Waals surface area (Å²) in [5, 5.41) is 0. The quantitative estimate of drug-likeness (QED) is 0.663. The van der Waals surface area contributed by atoms with Gasteiger partial charge in [-0.2, -0.15) is 0 Å². The maximum absolute atomic E-state index is 2.43. The molecule has 0 saturated heterocycles. The fraction of sp³-hybridized carbons (Fsp3) is 0.333. The number of hydrogen-bond acceptors (Lipinski definition) is 0. The third-order valence-corrected chi connectivity index (χ3v) is 7.53. The Labute approximate surface area is 67.3 Å². The van der Waals surface area contributed by atoms with E-state index in [2.05, 4.69) is 44.9 Å². The summed E-state index contributed by atoms with van der Waals surface area (Å²) in [6.07, 6.45) is 0. The molecular weight excluding hydrogens is 230 g/mol. The van der Waals surface area contributed by atoms with Gasteiger partial charge >= 0.3 is 67.3 Å². The van der Waals surface area contributed by atoms with Crippen LogP contribution in [0.25, 0.3) is 0 Å². The second kappa shape index (κ2) is 2.96. The molecule has 10 heavy (non-hydrogen) atoms.